The van der Waals surface area contributed by atoms with Gasteiger partial charge < -0.3 is 15.5 Å². The zero-order chi connectivity index (χ0) is 11.8. The molecule has 2 aliphatic rings. The normalized spacial score (nSPS) is 28.2. The lowest BCUT2D eigenvalue weighted by Gasteiger charge is -2.41. The van der Waals surface area contributed by atoms with Gasteiger partial charge in [-0.3, -0.25) is 4.79 Å². The van der Waals surface area contributed by atoms with Gasteiger partial charge in [0.25, 0.3) is 0 Å². The van der Waals surface area contributed by atoms with Crippen molar-refractivity contribution in [2.75, 3.05) is 27.2 Å². The Labute approximate surface area is 97.8 Å². The molecule has 1 atom stereocenters. The number of likely N-dealkylation sites (N-methyl/N-ethyl adjacent to an activating group) is 1. The summed E-state index contributed by atoms with van der Waals surface area (Å²) in [6.07, 6.45) is 5.10. The van der Waals surface area contributed by atoms with Gasteiger partial charge >= 0.3 is 0 Å². The molecule has 0 bridgehead atoms. The lowest BCUT2D eigenvalue weighted by molar-refractivity contribution is -0.141. The zero-order valence-electron chi connectivity index (χ0n) is 10.4. The Hall–Kier alpha value is -0.610. The van der Waals surface area contributed by atoms with Gasteiger partial charge in [0.1, 0.15) is 0 Å². The van der Waals surface area contributed by atoms with Crippen molar-refractivity contribution in [3.8, 4) is 0 Å². The van der Waals surface area contributed by atoms with E-state index in [0.29, 0.717) is 6.04 Å². The minimum atomic E-state index is -0.519. The number of hydrogen-bond acceptors (Lipinski definition) is 3. The van der Waals surface area contributed by atoms with Crippen LogP contribution in [-0.4, -0.2) is 54.5 Å². The Bertz CT molecular complexity index is 273. The third-order valence-corrected chi connectivity index (χ3v) is 3.89. The van der Waals surface area contributed by atoms with Crippen LogP contribution in [0.5, 0.6) is 0 Å². The first-order valence-electron chi connectivity index (χ1n) is 6.28. The van der Waals surface area contributed by atoms with E-state index in [1.54, 1.807) is 0 Å². The van der Waals surface area contributed by atoms with Crippen molar-refractivity contribution >= 4 is 5.91 Å². The molecule has 1 heterocycles. The molecule has 92 valence electrons. The number of carbonyl (C=O) groups is 1. The van der Waals surface area contributed by atoms with Crippen LogP contribution in [-0.2, 0) is 4.79 Å². The van der Waals surface area contributed by atoms with E-state index in [-0.39, 0.29) is 5.91 Å². The van der Waals surface area contributed by atoms with Crippen molar-refractivity contribution in [3.05, 3.63) is 0 Å². The summed E-state index contributed by atoms with van der Waals surface area (Å²) < 4.78 is 0. The summed E-state index contributed by atoms with van der Waals surface area (Å²) in [5, 5.41) is 0. The van der Waals surface area contributed by atoms with Crippen molar-refractivity contribution in [1.29, 1.82) is 0 Å². The third kappa shape index (κ3) is 2.09. The molecule has 2 N–H and O–H groups in total. The Morgan fingerprint density at radius 3 is 2.62 bits per heavy atom. The Kier molecular flexibility index (Phi) is 3.22. The maximum absolute atomic E-state index is 12.3. The first-order valence-corrected chi connectivity index (χ1v) is 6.28. The van der Waals surface area contributed by atoms with E-state index >= 15 is 0 Å². The van der Waals surface area contributed by atoms with Gasteiger partial charge in [0.2, 0.25) is 5.91 Å². The summed E-state index contributed by atoms with van der Waals surface area (Å²) in [4.78, 5) is 16.5. The quantitative estimate of drug-likeness (QED) is 0.757. The van der Waals surface area contributed by atoms with Crippen molar-refractivity contribution in [2.24, 2.45) is 5.73 Å². The molecular weight excluding hydrogens is 202 g/mol. The second-order valence-electron chi connectivity index (χ2n) is 5.57. The van der Waals surface area contributed by atoms with E-state index in [2.05, 4.69) is 19.0 Å². The maximum atomic E-state index is 12.3. The lowest BCUT2D eigenvalue weighted by atomic mass is 9.76. The van der Waals surface area contributed by atoms with E-state index in [0.717, 1.165) is 45.2 Å². The van der Waals surface area contributed by atoms with Gasteiger partial charge in [-0.2, -0.15) is 0 Å². The second kappa shape index (κ2) is 4.34. The predicted octanol–water partition coefficient (Wildman–Crippen LogP) is 0.420. The average Bonchev–Trinajstić information content (AvgIpc) is 2.60. The van der Waals surface area contributed by atoms with E-state index in [4.69, 9.17) is 5.73 Å². The molecule has 16 heavy (non-hydrogen) atoms. The number of rotatable bonds is 3. The standard InChI is InChI=1S/C12H23N3O/c1-14(2)9-10-5-3-8-15(10)11(16)12(13)6-4-7-12/h10H,3-9,13H2,1-2H3. The maximum Gasteiger partial charge on any atom is 0.242 e. The van der Waals surface area contributed by atoms with E-state index in [1.165, 1.54) is 0 Å². The van der Waals surface area contributed by atoms with Crippen molar-refractivity contribution in [2.45, 2.75) is 43.7 Å². The third-order valence-electron chi connectivity index (χ3n) is 3.89. The molecule has 1 saturated carbocycles. The molecule has 4 nitrogen and oxygen atoms in total. The molecule has 0 spiro atoms. The molecule has 0 aromatic heterocycles. The average molecular weight is 225 g/mol. The lowest BCUT2D eigenvalue weighted by Crippen LogP contribution is -2.61. The molecule has 0 aromatic carbocycles. The van der Waals surface area contributed by atoms with Crippen LogP contribution in [0.4, 0.5) is 0 Å². The zero-order valence-corrected chi connectivity index (χ0v) is 10.4. The van der Waals surface area contributed by atoms with Crippen LogP contribution in [0.1, 0.15) is 32.1 Å². The highest BCUT2D eigenvalue weighted by molar-refractivity contribution is 5.87. The Morgan fingerprint density at radius 2 is 2.12 bits per heavy atom. The molecule has 2 rings (SSSR count). The summed E-state index contributed by atoms with van der Waals surface area (Å²) >= 11 is 0. The van der Waals surface area contributed by atoms with Crippen molar-refractivity contribution in [3.63, 3.8) is 0 Å². The van der Waals surface area contributed by atoms with Crippen LogP contribution in [0, 0.1) is 0 Å². The molecule has 1 amide bonds. The van der Waals surface area contributed by atoms with Crippen molar-refractivity contribution < 1.29 is 4.79 Å². The Morgan fingerprint density at radius 1 is 1.44 bits per heavy atom. The van der Waals surface area contributed by atoms with Gasteiger partial charge in [0.05, 0.1) is 5.54 Å². The SMILES string of the molecule is CN(C)CC1CCCN1C(=O)C1(N)CCC1. The van der Waals surface area contributed by atoms with E-state index in [9.17, 15) is 4.79 Å². The molecular formula is C12H23N3O. The number of nitrogens with two attached hydrogens (primary N) is 1. The highest BCUT2D eigenvalue weighted by atomic mass is 16.2. The first-order chi connectivity index (χ1) is 7.53. The van der Waals surface area contributed by atoms with Gasteiger partial charge in [-0.25, -0.2) is 0 Å². The van der Waals surface area contributed by atoms with Gasteiger partial charge in [-0.15, -0.1) is 0 Å². The monoisotopic (exact) mass is 225 g/mol. The number of nitrogens with zero attached hydrogens (tertiary/aromatic N) is 2. The molecule has 1 saturated heterocycles. The molecule has 1 aliphatic carbocycles. The highest BCUT2D eigenvalue weighted by Gasteiger charge is 2.45. The predicted molar refractivity (Wildman–Crippen MR) is 64.1 cm³/mol. The van der Waals surface area contributed by atoms with Gasteiger partial charge in [0.15, 0.2) is 0 Å². The van der Waals surface area contributed by atoms with Gasteiger partial charge in [-0.05, 0) is 46.2 Å². The fourth-order valence-electron chi connectivity index (χ4n) is 2.77. The highest BCUT2D eigenvalue weighted by Crippen LogP contribution is 2.33. The fraction of sp³-hybridized carbons (Fsp3) is 0.917. The van der Waals surface area contributed by atoms with Gasteiger partial charge in [-0.1, -0.05) is 0 Å². The second-order valence-corrected chi connectivity index (χ2v) is 5.57. The smallest absolute Gasteiger partial charge is 0.242 e. The first kappa shape index (κ1) is 11.9. The molecule has 2 fully saturated rings. The summed E-state index contributed by atoms with van der Waals surface area (Å²) in [5.41, 5.74) is 5.60. The van der Waals surface area contributed by atoms with Crippen LogP contribution in [0.2, 0.25) is 0 Å². The number of amides is 1. The van der Waals surface area contributed by atoms with Crippen LogP contribution < -0.4 is 5.73 Å². The van der Waals surface area contributed by atoms with Crippen LogP contribution in [0.25, 0.3) is 0 Å². The summed E-state index contributed by atoms with van der Waals surface area (Å²) in [5.74, 6) is 0.197. The van der Waals surface area contributed by atoms with Crippen molar-refractivity contribution in [1.82, 2.24) is 9.80 Å². The summed E-state index contributed by atoms with van der Waals surface area (Å²) in [6, 6.07) is 0.378. The number of hydrogen-bond donors (Lipinski definition) is 1. The molecule has 4 heteroatoms. The van der Waals surface area contributed by atoms with E-state index in [1.807, 2.05) is 4.90 Å². The van der Waals surface area contributed by atoms with E-state index < -0.39 is 5.54 Å². The topological polar surface area (TPSA) is 49.6 Å². The molecule has 0 aromatic rings. The Balaban J connectivity index is 1.99. The van der Waals surface area contributed by atoms with Crippen LogP contribution >= 0.6 is 0 Å². The summed E-state index contributed by atoms with van der Waals surface area (Å²) in [7, 11) is 4.12. The van der Waals surface area contributed by atoms with Gasteiger partial charge in [0, 0.05) is 19.1 Å². The summed E-state index contributed by atoms with van der Waals surface area (Å²) in [6.45, 7) is 1.86. The molecule has 1 unspecified atom stereocenters. The number of carbonyl (C=O) groups excluding carboxylic acids is 1. The molecule has 1 aliphatic heterocycles. The minimum Gasteiger partial charge on any atom is -0.337 e. The molecule has 0 radical (unpaired) electrons. The van der Waals surface area contributed by atoms with Crippen LogP contribution in [0.3, 0.4) is 0 Å². The largest absolute Gasteiger partial charge is 0.337 e. The fourth-order valence-corrected chi connectivity index (χ4v) is 2.77. The van der Waals surface area contributed by atoms with Crippen LogP contribution in [0.15, 0.2) is 0 Å². The number of likely N-dealkylation sites (tertiary alicyclic amines) is 1. The minimum absolute atomic E-state index is 0.197.